The summed E-state index contributed by atoms with van der Waals surface area (Å²) in [5, 5.41) is 3.06. The van der Waals surface area contributed by atoms with Gasteiger partial charge >= 0.3 is 0 Å². The van der Waals surface area contributed by atoms with Crippen LogP contribution in [0.2, 0.25) is 0 Å². The van der Waals surface area contributed by atoms with Gasteiger partial charge in [0.25, 0.3) is 10.0 Å². The Kier molecular flexibility index (Phi) is 11.1. The molecule has 0 saturated carbocycles. The van der Waals surface area contributed by atoms with Gasteiger partial charge in [0, 0.05) is 18.5 Å². The number of ether oxygens (including phenoxy) is 1. The maximum Gasteiger partial charge on any atom is 0.264 e. The van der Waals surface area contributed by atoms with Gasteiger partial charge in [0.2, 0.25) is 11.8 Å². The van der Waals surface area contributed by atoms with E-state index in [-0.39, 0.29) is 23.8 Å². The van der Waals surface area contributed by atoms with Crippen molar-refractivity contribution in [1.82, 2.24) is 10.2 Å². The molecule has 0 bridgehead atoms. The Labute approximate surface area is 279 Å². The molecule has 0 spiro atoms. The zero-order valence-corrected chi connectivity index (χ0v) is 29.1. The fraction of sp³-hybridized carbons (Fsp3) is 0.316. The number of sulfonamides is 1. The number of anilines is 1. The summed E-state index contributed by atoms with van der Waals surface area (Å²) in [4.78, 5) is 30.3. The van der Waals surface area contributed by atoms with Crippen molar-refractivity contribution in [1.29, 1.82) is 0 Å². The number of nitrogens with zero attached hydrogens (tertiary/aromatic N) is 2. The van der Waals surface area contributed by atoms with Gasteiger partial charge < -0.3 is 15.0 Å². The van der Waals surface area contributed by atoms with Crippen LogP contribution in [0.25, 0.3) is 0 Å². The average molecular weight is 656 g/mol. The molecule has 0 aliphatic heterocycles. The lowest BCUT2D eigenvalue weighted by Gasteiger charge is -2.35. The predicted molar refractivity (Wildman–Crippen MR) is 187 cm³/mol. The molecule has 0 radical (unpaired) electrons. The second kappa shape index (κ2) is 14.9. The van der Waals surface area contributed by atoms with Crippen LogP contribution in [0.1, 0.15) is 48.6 Å². The highest BCUT2D eigenvalue weighted by atomic mass is 32.2. The van der Waals surface area contributed by atoms with Crippen molar-refractivity contribution in [2.45, 2.75) is 71.0 Å². The zero-order chi connectivity index (χ0) is 34.4. The van der Waals surface area contributed by atoms with Crippen molar-refractivity contribution in [2.24, 2.45) is 0 Å². The van der Waals surface area contributed by atoms with Crippen LogP contribution in [-0.4, -0.2) is 50.4 Å². The van der Waals surface area contributed by atoms with Crippen LogP contribution in [0.4, 0.5) is 5.69 Å². The van der Waals surface area contributed by atoms with Gasteiger partial charge in [-0.2, -0.15) is 0 Å². The molecule has 9 heteroatoms. The van der Waals surface area contributed by atoms with Gasteiger partial charge in [-0.1, -0.05) is 77.9 Å². The first kappa shape index (κ1) is 35.2. The molecule has 1 atom stereocenters. The molecule has 1 N–H and O–H groups in total. The van der Waals surface area contributed by atoms with Gasteiger partial charge in [0.15, 0.2) is 0 Å². The molecule has 0 aliphatic carbocycles. The average Bonchev–Trinajstić information content (AvgIpc) is 3.01. The van der Waals surface area contributed by atoms with Crippen molar-refractivity contribution >= 4 is 27.5 Å². The minimum Gasteiger partial charge on any atom is -0.497 e. The molecule has 0 aromatic heterocycles. The first-order valence-electron chi connectivity index (χ1n) is 15.6. The quantitative estimate of drug-likeness (QED) is 0.191. The molecule has 4 aromatic rings. The maximum absolute atomic E-state index is 14.7. The minimum atomic E-state index is -4.19. The summed E-state index contributed by atoms with van der Waals surface area (Å²) < 4.78 is 35.3. The number of hydrogen-bond acceptors (Lipinski definition) is 5. The number of amides is 2. The molecule has 0 saturated heterocycles. The third-order valence-electron chi connectivity index (χ3n) is 7.77. The molecular weight excluding hydrogens is 611 g/mol. The molecule has 0 unspecified atom stereocenters. The molecule has 8 nitrogen and oxygen atoms in total. The fourth-order valence-electron chi connectivity index (χ4n) is 5.41. The predicted octanol–water partition coefficient (Wildman–Crippen LogP) is 6.37. The van der Waals surface area contributed by atoms with E-state index < -0.39 is 34.1 Å². The first-order chi connectivity index (χ1) is 22.2. The molecule has 248 valence electrons. The number of carbonyl (C=O) groups is 2. The smallest absolute Gasteiger partial charge is 0.264 e. The van der Waals surface area contributed by atoms with Crippen LogP contribution in [0.3, 0.4) is 0 Å². The number of hydrogen-bond donors (Lipinski definition) is 1. The van der Waals surface area contributed by atoms with Crippen molar-refractivity contribution in [3.05, 3.63) is 125 Å². The topological polar surface area (TPSA) is 96.0 Å². The minimum absolute atomic E-state index is 0.0520. The van der Waals surface area contributed by atoms with E-state index in [0.29, 0.717) is 17.0 Å². The number of carbonyl (C=O) groups excluding carboxylic acids is 2. The van der Waals surface area contributed by atoms with Crippen LogP contribution in [-0.2, 0) is 32.6 Å². The van der Waals surface area contributed by atoms with Crippen molar-refractivity contribution < 1.29 is 22.7 Å². The number of nitrogens with one attached hydrogen (secondary N) is 1. The van der Waals surface area contributed by atoms with E-state index in [1.54, 1.807) is 43.5 Å². The normalized spacial score (nSPS) is 12.2. The standard InChI is InChI=1S/C38H45N3O5S/c1-27-16-19-33(20-17-27)47(44,45)41(34-21-18-28(2)22-29(34)3)26-36(42)40(25-31-14-11-15-32(23-31)46-7)35(37(43)39-38(4,5)6)24-30-12-9-8-10-13-30/h8-23,35H,24-26H2,1-7H3,(H,39,43)/t35-/m1/s1. The third kappa shape index (κ3) is 9.23. The SMILES string of the molecule is COc1cccc(CN(C(=O)CN(c2ccc(C)cc2C)S(=O)(=O)c2ccc(C)cc2)[C@H](Cc2ccccc2)C(=O)NC(C)(C)C)c1. The monoisotopic (exact) mass is 655 g/mol. The highest BCUT2D eigenvalue weighted by Gasteiger charge is 2.36. The van der Waals surface area contributed by atoms with Crippen LogP contribution in [0, 0.1) is 20.8 Å². The summed E-state index contributed by atoms with van der Waals surface area (Å²) >= 11 is 0. The number of rotatable bonds is 12. The molecule has 2 amide bonds. The second-order valence-corrected chi connectivity index (χ2v) is 14.8. The van der Waals surface area contributed by atoms with Gasteiger partial charge in [0.05, 0.1) is 17.7 Å². The van der Waals surface area contributed by atoms with Gasteiger partial charge in [-0.3, -0.25) is 13.9 Å². The van der Waals surface area contributed by atoms with Crippen molar-refractivity contribution in [2.75, 3.05) is 18.0 Å². The number of methoxy groups -OCH3 is 1. The van der Waals surface area contributed by atoms with E-state index in [9.17, 15) is 18.0 Å². The van der Waals surface area contributed by atoms with E-state index in [1.807, 2.05) is 102 Å². The summed E-state index contributed by atoms with van der Waals surface area (Å²) in [6.07, 6.45) is 0.229. The summed E-state index contributed by atoms with van der Waals surface area (Å²) in [5.74, 6) is -0.252. The van der Waals surface area contributed by atoms with E-state index in [1.165, 1.54) is 4.90 Å². The summed E-state index contributed by atoms with van der Waals surface area (Å²) in [6.45, 7) is 10.8. The molecule has 0 fully saturated rings. The Balaban J connectivity index is 1.85. The highest BCUT2D eigenvalue weighted by Crippen LogP contribution is 2.29. The van der Waals surface area contributed by atoms with E-state index >= 15 is 0 Å². The Morgan fingerprint density at radius 2 is 1.45 bits per heavy atom. The van der Waals surface area contributed by atoms with Crippen LogP contribution in [0.5, 0.6) is 5.75 Å². The van der Waals surface area contributed by atoms with E-state index in [2.05, 4.69) is 5.32 Å². The highest BCUT2D eigenvalue weighted by molar-refractivity contribution is 7.92. The summed E-state index contributed by atoms with van der Waals surface area (Å²) in [5.41, 5.74) is 4.00. The molecule has 0 aliphatic rings. The fourth-order valence-corrected chi connectivity index (χ4v) is 6.89. The Bertz CT molecular complexity index is 1800. The van der Waals surface area contributed by atoms with Crippen molar-refractivity contribution in [3.63, 3.8) is 0 Å². The van der Waals surface area contributed by atoms with Crippen LogP contribution >= 0.6 is 0 Å². The Morgan fingerprint density at radius 3 is 2.06 bits per heavy atom. The van der Waals surface area contributed by atoms with E-state index in [4.69, 9.17) is 4.74 Å². The van der Waals surface area contributed by atoms with Crippen molar-refractivity contribution in [3.8, 4) is 5.75 Å². The number of benzene rings is 4. The first-order valence-corrected chi connectivity index (χ1v) is 17.1. The van der Waals surface area contributed by atoms with E-state index in [0.717, 1.165) is 26.6 Å². The molecular formula is C38H45N3O5S. The number of aryl methyl sites for hydroxylation is 3. The summed E-state index contributed by atoms with van der Waals surface area (Å²) in [7, 11) is -2.62. The lowest BCUT2D eigenvalue weighted by atomic mass is 10.0. The second-order valence-electron chi connectivity index (χ2n) is 12.9. The van der Waals surface area contributed by atoms with Gasteiger partial charge in [-0.25, -0.2) is 8.42 Å². The lowest BCUT2D eigenvalue weighted by molar-refractivity contribution is -0.140. The molecule has 47 heavy (non-hydrogen) atoms. The zero-order valence-electron chi connectivity index (χ0n) is 28.3. The van der Waals surface area contributed by atoms with Crippen LogP contribution in [0.15, 0.2) is 102 Å². The molecule has 4 aromatic carbocycles. The van der Waals surface area contributed by atoms with Crippen LogP contribution < -0.4 is 14.4 Å². The maximum atomic E-state index is 14.7. The van der Waals surface area contributed by atoms with Gasteiger partial charge in [-0.15, -0.1) is 0 Å². The third-order valence-corrected chi connectivity index (χ3v) is 9.54. The Morgan fingerprint density at radius 1 is 0.809 bits per heavy atom. The van der Waals surface area contributed by atoms with Gasteiger partial charge in [-0.05, 0) is 88.6 Å². The lowest BCUT2D eigenvalue weighted by Crippen LogP contribution is -2.56. The molecule has 4 rings (SSSR count). The Hall–Kier alpha value is -4.63. The largest absolute Gasteiger partial charge is 0.497 e. The summed E-state index contributed by atoms with van der Waals surface area (Å²) in [6, 6.07) is 27.8. The van der Waals surface area contributed by atoms with Gasteiger partial charge in [0.1, 0.15) is 18.3 Å². The molecule has 0 heterocycles.